The number of hydrogen-bond donors (Lipinski definition) is 1. The number of aromatic nitrogens is 2. The second-order valence-electron chi connectivity index (χ2n) is 5.25. The predicted octanol–water partition coefficient (Wildman–Crippen LogP) is 1.81. The van der Waals surface area contributed by atoms with Crippen molar-refractivity contribution >= 4 is 17.2 Å². The zero-order valence-corrected chi connectivity index (χ0v) is 11.9. The number of benzene rings is 1. The zero-order chi connectivity index (χ0) is 13.9. The zero-order valence-electron chi connectivity index (χ0n) is 11.9. The molecule has 2 N–H and O–H groups in total. The normalized spacial score (nSPS) is 14.4. The van der Waals surface area contributed by atoms with Gasteiger partial charge in [0.15, 0.2) is 0 Å². The molecule has 1 aliphatic heterocycles. The van der Waals surface area contributed by atoms with Crippen molar-refractivity contribution in [1.82, 2.24) is 9.78 Å². The number of aryl methyl sites for hydroxylation is 1. The molecule has 5 heteroatoms. The van der Waals surface area contributed by atoms with Gasteiger partial charge in [0.05, 0.1) is 11.4 Å². The molecule has 0 atom stereocenters. The number of nitrogen functional groups attached to an aromatic ring is 1. The Morgan fingerprint density at radius 2 is 1.90 bits per heavy atom. The van der Waals surface area contributed by atoms with Crippen molar-refractivity contribution < 1.29 is 0 Å². The highest BCUT2D eigenvalue weighted by Gasteiger charge is 2.18. The Morgan fingerprint density at radius 3 is 2.65 bits per heavy atom. The molecular formula is C15H21N5. The minimum absolute atomic E-state index is 0.593. The third-order valence-corrected chi connectivity index (χ3v) is 3.82. The number of anilines is 3. The standard InChI is InChI=1S/C15H21N5/c1-18-11-12-19(14-6-3-2-5-13(14)18)8-4-9-20-10-7-15(16)17-20/h2-3,5-7,10H,4,8-9,11-12H2,1H3,(H2,16,17). The van der Waals surface area contributed by atoms with Crippen molar-refractivity contribution in [3.63, 3.8) is 0 Å². The molecule has 2 heterocycles. The number of nitrogens with zero attached hydrogens (tertiary/aromatic N) is 4. The molecule has 1 aliphatic rings. The third kappa shape index (κ3) is 2.57. The Bertz CT molecular complexity index is 577. The largest absolute Gasteiger partial charge is 0.382 e. The Morgan fingerprint density at radius 1 is 1.10 bits per heavy atom. The maximum absolute atomic E-state index is 5.62. The molecule has 5 nitrogen and oxygen atoms in total. The van der Waals surface area contributed by atoms with Gasteiger partial charge in [0.25, 0.3) is 0 Å². The van der Waals surface area contributed by atoms with Gasteiger partial charge in [-0.2, -0.15) is 5.10 Å². The van der Waals surface area contributed by atoms with Crippen LogP contribution in [0.1, 0.15) is 6.42 Å². The van der Waals surface area contributed by atoms with Gasteiger partial charge in [-0.25, -0.2) is 0 Å². The molecule has 20 heavy (non-hydrogen) atoms. The van der Waals surface area contributed by atoms with E-state index in [1.54, 1.807) is 0 Å². The lowest BCUT2D eigenvalue weighted by atomic mass is 10.1. The molecule has 0 radical (unpaired) electrons. The highest BCUT2D eigenvalue weighted by molar-refractivity contribution is 5.72. The smallest absolute Gasteiger partial charge is 0.145 e. The Balaban J connectivity index is 1.62. The second-order valence-corrected chi connectivity index (χ2v) is 5.25. The van der Waals surface area contributed by atoms with Crippen LogP contribution in [0.4, 0.5) is 17.2 Å². The lowest BCUT2D eigenvalue weighted by Crippen LogP contribution is -2.39. The van der Waals surface area contributed by atoms with E-state index in [1.165, 1.54) is 11.4 Å². The molecule has 0 aliphatic carbocycles. The van der Waals surface area contributed by atoms with E-state index in [9.17, 15) is 0 Å². The van der Waals surface area contributed by atoms with Gasteiger partial charge in [-0.05, 0) is 24.6 Å². The summed E-state index contributed by atoms with van der Waals surface area (Å²) in [7, 11) is 2.16. The monoisotopic (exact) mass is 271 g/mol. The third-order valence-electron chi connectivity index (χ3n) is 3.82. The van der Waals surface area contributed by atoms with Crippen LogP contribution >= 0.6 is 0 Å². The first-order chi connectivity index (χ1) is 9.74. The van der Waals surface area contributed by atoms with Gasteiger partial charge >= 0.3 is 0 Å². The van der Waals surface area contributed by atoms with E-state index in [0.717, 1.165) is 32.6 Å². The Labute approximate surface area is 119 Å². The lowest BCUT2D eigenvalue weighted by Gasteiger charge is -2.37. The fourth-order valence-electron chi connectivity index (χ4n) is 2.72. The first-order valence-electron chi connectivity index (χ1n) is 7.08. The molecule has 0 bridgehead atoms. The fourth-order valence-corrected chi connectivity index (χ4v) is 2.72. The van der Waals surface area contributed by atoms with Crippen LogP contribution in [-0.2, 0) is 6.54 Å². The minimum atomic E-state index is 0.593. The number of likely N-dealkylation sites (N-methyl/N-ethyl adjacent to an activating group) is 1. The predicted molar refractivity (Wildman–Crippen MR) is 83.2 cm³/mol. The van der Waals surface area contributed by atoms with Gasteiger partial charge in [-0.3, -0.25) is 4.68 Å². The maximum Gasteiger partial charge on any atom is 0.145 e. The number of rotatable bonds is 4. The van der Waals surface area contributed by atoms with Gasteiger partial charge in [-0.1, -0.05) is 12.1 Å². The molecular weight excluding hydrogens is 250 g/mol. The summed E-state index contributed by atoms with van der Waals surface area (Å²) in [6.45, 7) is 4.11. The molecule has 2 aromatic rings. The van der Waals surface area contributed by atoms with E-state index in [1.807, 2.05) is 16.9 Å². The Kier molecular flexibility index (Phi) is 3.50. The molecule has 0 fully saturated rings. The number of hydrogen-bond acceptors (Lipinski definition) is 4. The fraction of sp³-hybridized carbons (Fsp3) is 0.400. The quantitative estimate of drug-likeness (QED) is 0.921. The van der Waals surface area contributed by atoms with Crippen LogP contribution in [0.2, 0.25) is 0 Å². The number of nitrogens with two attached hydrogens (primary N) is 1. The van der Waals surface area contributed by atoms with Gasteiger partial charge in [-0.15, -0.1) is 0 Å². The average molecular weight is 271 g/mol. The minimum Gasteiger partial charge on any atom is -0.382 e. The first-order valence-corrected chi connectivity index (χ1v) is 7.08. The SMILES string of the molecule is CN1CCN(CCCn2ccc(N)n2)c2ccccc21. The van der Waals surface area contributed by atoms with E-state index in [0.29, 0.717) is 5.82 Å². The van der Waals surface area contributed by atoms with Crippen molar-refractivity contribution in [2.45, 2.75) is 13.0 Å². The summed E-state index contributed by atoms with van der Waals surface area (Å²) in [6, 6.07) is 10.4. The second kappa shape index (κ2) is 5.45. The number of para-hydroxylation sites is 2. The van der Waals surface area contributed by atoms with Crippen molar-refractivity contribution in [2.24, 2.45) is 0 Å². The molecule has 0 saturated heterocycles. The number of fused-ring (bicyclic) bond motifs is 1. The molecule has 0 amide bonds. The summed E-state index contributed by atoms with van der Waals surface area (Å²) in [5.74, 6) is 0.593. The maximum atomic E-state index is 5.62. The lowest BCUT2D eigenvalue weighted by molar-refractivity contribution is 0.568. The van der Waals surface area contributed by atoms with Crippen molar-refractivity contribution in [1.29, 1.82) is 0 Å². The molecule has 0 unspecified atom stereocenters. The highest BCUT2D eigenvalue weighted by Crippen LogP contribution is 2.31. The summed E-state index contributed by atoms with van der Waals surface area (Å²) >= 11 is 0. The van der Waals surface area contributed by atoms with E-state index >= 15 is 0 Å². The van der Waals surface area contributed by atoms with Gasteiger partial charge in [0.1, 0.15) is 5.82 Å². The van der Waals surface area contributed by atoms with E-state index < -0.39 is 0 Å². The van der Waals surface area contributed by atoms with Gasteiger partial charge in [0, 0.05) is 39.4 Å². The summed E-state index contributed by atoms with van der Waals surface area (Å²) in [5, 5.41) is 4.22. The van der Waals surface area contributed by atoms with Gasteiger partial charge in [0.2, 0.25) is 0 Å². The first kappa shape index (κ1) is 12.8. The van der Waals surface area contributed by atoms with Crippen molar-refractivity contribution in [3.8, 4) is 0 Å². The average Bonchev–Trinajstić information content (AvgIpc) is 2.87. The molecule has 106 valence electrons. The summed E-state index contributed by atoms with van der Waals surface area (Å²) < 4.78 is 1.91. The Hall–Kier alpha value is -2.17. The molecule has 3 rings (SSSR count). The van der Waals surface area contributed by atoms with Gasteiger partial charge < -0.3 is 15.5 Å². The molecule has 0 saturated carbocycles. The van der Waals surface area contributed by atoms with Crippen LogP contribution < -0.4 is 15.5 Å². The van der Waals surface area contributed by atoms with Crippen LogP contribution in [0.25, 0.3) is 0 Å². The van der Waals surface area contributed by atoms with Crippen LogP contribution in [-0.4, -0.2) is 36.5 Å². The molecule has 1 aromatic carbocycles. The van der Waals surface area contributed by atoms with Crippen molar-refractivity contribution in [2.75, 3.05) is 42.2 Å². The van der Waals surface area contributed by atoms with E-state index in [2.05, 4.69) is 46.2 Å². The highest BCUT2D eigenvalue weighted by atomic mass is 15.3. The van der Waals surface area contributed by atoms with Crippen molar-refractivity contribution in [3.05, 3.63) is 36.5 Å². The van der Waals surface area contributed by atoms with Crippen LogP contribution in [0.5, 0.6) is 0 Å². The van der Waals surface area contributed by atoms with E-state index in [-0.39, 0.29) is 0 Å². The topological polar surface area (TPSA) is 50.3 Å². The molecule has 1 aromatic heterocycles. The summed E-state index contributed by atoms with van der Waals surface area (Å²) in [4.78, 5) is 4.78. The van der Waals surface area contributed by atoms with E-state index in [4.69, 9.17) is 5.73 Å². The van der Waals surface area contributed by atoms with Crippen LogP contribution in [0.3, 0.4) is 0 Å². The summed E-state index contributed by atoms with van der Waals surface area (Å²) in [6.07, 6.45) is 3.01. The molecule has 0 spiro atoms. The van der Waals surface area contributed by atoms with Crippen LogP contribution in [0.15, 0.2) is 36.5 Å². The summed E-state index contributed by atoms with van der Waals surface area (Å²) in [5.41, 5.74) is 8.28. The van der Waals surface area contributed by atoms with Crippen LogP contribution in [0, 0.1) is 0 Å².